The van der Waals surface area contributed by atoms with Crippen LogP contribution in [0.25, 0.3) is 0 Å². The fourth-order valence-electron chi connectivity index (χ4n) is 0.775. The Morgan fingerprint density at radius 3 is 2.15 bits per heavy atom. The molecule has 0 atom stereocenters. The standard InChI is InChI=1S/C8H14ClF3O/c9-5-1-2-6-13-7-3-4-8(10,11)12/h1-7H2. The molecule has 0 radical (unpaired) electrons. The van der Waals surface area contributed by atoms with E-state index in [9.17, 15) is 13.2 Å². The van der Waals surface area contributed by atoms with Gasteiger partial charge in [-0.05, 0) is 19.3 Å². The van der Waals surface area contributed by atoms with Crippen LogP contribution in [-0.2, 0) is 4.74 Å². The van der Waals surface area contributed by atoms with Gasteiger partial charge in [0.2, 0.25) is 0 Å². The smallest absolute Gasteiger partial charge is 0.381 e. The molecule has 0 bridgehead atoms. The topological polar surface area (TPSA) is 9.23 Å². The normalized spacial score (nSPS) is 12.0. The van der Waals surface area contributed by atoms with Crippen LogP contribution in [0.15, 0.2) is 0 Å². The molecule has 0 aromatic heterocycles. The van der Waals surface area contributed by atoms with Gasteiger partial charge < -0.3 is 4.74 Å². The van der Waals surface area contributed by atoms with Gasteiger partial charge in [0, 0.05) is 25.5 Å². The molecular formula is C8H14ClF3O. The SMILES string of the molecule is FC(F)(F)CCCOCCCCCl. The molecule has 0 rings (SSSR count). The van der Waals surface area contributed by atoms with E-state index in [1.54, 1.807) is 0 Å². The van der Waals surface area contributed by atoms with Crippen LogP contribution in [0.5, 0.6) is 0 Å². The van der Waals surface area contributed by atoms with Gasteiger partial charge in [-0.1, -0.05) is 0 Å². The highest BCUT2D eigenvalue weighted by Gasteiger charge is 2.25. The molecule has 0 spiro atoms. The first-order chi connectivity index (χ1) is 6.06. The van der Waals surface area contributed by atoms with Crippen molar-refractivity contribution in [3.8, 4) is 0 Å². The lowest BCUT2D eigenvalue weighted by molar-refractivity contribution is -0.137. The number of unbranched alkanes of at least 4 members (excludes halogenated alkanes) is 1. The zero-order valence-corrected chi connectivity index (χ0v) is 8.13. The highest BCUT2D eigenvalue weighted by Crippen LogP contribution is 2.20. The van der Waals surface area contributed by atoms with E-state index in [0.29, 0.717) is 12.5 Å². The third-order valence-electron chi connectivity index (χ3n) is 1.42. The summed E-state index contributed by atoms with van der Waals surface area (Å²) in [6, 6.07) is 0. The first-order valence-electron chi connectivity index (χ1n) is 4.27. The molecule has 0 saturated carbocycles. The average Bonchev–Trinajstić information content (AvgIpc) is 2.01. The number of halogens is 4. The molecule has 0 aliphatic heterocycles. The molecule has 0 aromatic rings. The molecule has 0 saturated heterocycles. The maximum atomic E-state index is 11.6. The van der Waals surface area contributed by atoms with Crippen molar-refractivity contribution < 1.29 is 17.9 Å². The second kappa shape index (κ2) is 7.44. The molecule has 0 heterocycles. The van der Waals surface area contributed by atoms with Gasteiger partial charge in [0.25, 0.3) is 0 Å². The highest BCUT2D eigenvalue weighted by molar-refractivity contribution is 6.17. The summed E-state index contributed by atoms with van der Waals surface area (Å²) in [5.41, 5.74) is 0. The Balaban J connectivity index is 3.00. The molecule has 0 aliphatic rings. The van der Waals surface area contributed by atoms with Crippen LogP contribution >= 0.6 is 11.6 Å². The summed E-state index contributed by atoms with van der Waals surface area (Å²) in [5, 5.41) is 0. The van der Waals surface area contributed by atoms with Gasteiger partial charge in [0.05, 0.1) is 0 Å². The predicted octanol–water partition coefficient (Wildman–Crippen LogP) is 3.36. The molecule has 0 amide bonds. The lowest BCUT2D eigenvalue weighted by Crippen LogP contribution is -2.09. The molecule has 0 unspecified atom stereocenters. The Labute approximate surface area is 81.2 Å². The van der Waals surface area contributed by atoms with E-state index in [1.165, 1.54) is 0 Å². The van der Waals surface area contributed by atoms with Crippen molar-refractivity contribution in [2.24, 2.45) is 0 Å². The van der Waals surface area contributed by atoms with Crippen LogP contribution in [0.1, 0.15) is 25.7 Å². The van der Waals surface area contributed by atoms with Gasteiger partial charge >= 0.3 is 6.18 Å². The molecule has 5 heteroatoms. The molecule has 80 valence electrons. The predicted molar refractivity (Wildman–Crippen MR) is 46.1 cm³/mol. The summed E-state index contributed by atoms with van der Waals surface area (Å²) < 4.78 is 39.8. The van der Waals surface area contributed by atoms with Crippen molar-refractivity contribution in [3.05, 3.63) is 0 Å². The van der Waals surface area contributed by atoms with Crippen molar-refractivity contribution in [2.45, 2.75) is 31.9 Å². The minimum absolute atomic E-state index is 0.0460. The lowest BCUT2D eigenvalue weighted by Gasteiger charge is -2.06. The second-order valence-electron chi connectivity index (χ2n) is 2.73. The molecule has 0 aliphatic carbocycles. The third-order valence-corrected chi connectivity index (χ3v) is 1.69. The van der Waals surface area contributed by atoms with Gasteiger partial charge in [0.15, 0.2) is 0 Å². The van der Waals surface area contributed by atoms with Crippen LogP contribution < -0.4 is 0 Å². The van der Waals surface area contributed by atoms with Crippen molar-refractivity contribution >= 4 is 11.6 Å². The summed E-state index contributed by atoms with van der Waals surface area (Å²) in [7, 11) is 0. The molecule has 13 heavy (non-hydrogen) atoms. The van der Waals surface area contributed by atoms with Gasteiger partial charge in [-0.15, -0.1) is 11.6 Å². The number of hydrogen-bond donors (Lipinski definition) is 0. The van der Waals surface area contributed by atoms with E-state index in [-0.39, 0.29) is 13.0 Å². The largest absolute Gasteiger partial charge is 0.389 e. The number of hydrogen-bond acceptors (Lipinski definition) is 1. The fraction of sp³-hybridized carbons (Fsp3) is 1.00. The van der Waals surface area contributed by atoms with Crippen LogP contribution in [0, 0.1) is 0 Å². The lowest BCUT2D eigenvalue weighted by atomic mass is 10.3. The van der Waals surface area contributed by atoms with E-state index in [4.69, 9.17) is 16.3 Å². The summed E-state index contributed by atoms with van der Waals surface area (Å²) >= 11 is 5.40. The average molecular weight is 219 g/mol. The summed E-state index contributed by atoms with van der Waals surface area (Å²) in [4.78, 5) is 0. The third kappa shape index (κ3) is 12.0. The van der Waals surface area contributed by atoms with Gasteiger partial charge in [-0.2, -0.15) is 13.2 Å². The number of rotatable bonds is 7. The Kier molecular flexibility index (Phi) is 7.47. The van der Waals surface area contributed by atoms with Gasteiger partial charge in [0.1, 0.15) is 0 Å². The Hall–Kier alpha value is 0.0400. The van der Waals surface area contributed by atoms with Crippen LogP contribution in [0.3, 0.4) is 0 Å². The fourth-order valence-corrected chi connectivity index (χ4v) is 0.964. The minimum atomic E-state index is -4.06. The van der Waals surface area contributed by atoms with Crippen molar-refractivity contribution in [2.75, 3.05) is 19.1 Å². The zero-order valence-electron chi connectivity index (χ0n) is 7.37. The zero-order chi connectivity index (χ0) is 10.2. The van der Waals surface area contributed by atoms with Crippen LogP contribution in [0.2, 0.25) is 0 Å². The molecule has 1 nitrogen and oxygen atoms in total. The molecule has 0 fully saturated rings. The summed E-state index contributed by atoms with van der Waals surface area (Å²) in [5.74, 6) is 0.575. The van der Waals surface area contributed by atoms with Crippen LogP contribution in [0.4, 0.5) is 13.2 Å². The maximum Gasteiger partial charge on any atom is 0.389 e. The van der Waals surface area contributed by atoms with Crippen molar-refractivity contribution in [1.29, 1.82) is 0 Å². The monoisotopic (exact) mass is 218 g/mol. The minimum Gasteiger partial charge on any atom is -0.381 e. The first kappa shape index (κ1) is 13.0. The van der Waals surface area contributed by atoms with Gasteiger partial charge in [-0.3, -0.25) is 0 Å². The van der Waals surface area contributed by atoms with E-state index >= 15 is 0 Å². The molecular weight excluding hydrogens is 205 g/mol. The van der Waals surface area contributed by atoms with E-state index in [2.05, 4.69) is 0 Å². The van der Waals surface area contributed by atoms with Crippen LogP contribution in [-0.4, -0.2) is 25.3 Å². The quantitative estimate of drug-likeness (QED) is 0.470. The van der Waals surface area contributed by atoms with Crippen molar-refractivity contribution in [1.82, 2.24) is 0 Å². The summed E-state index contributed by atoms with van der Waals surface area (Å²) in [6.07, 6.45) is -3.11. The Morgan fingerprint density at radius 2 is 1.62 bits per heavy atom. The van der Waals surface area contributed by atoms with E-state index < -0.39 is 12.6 Å². The first-order valence-corrected chi connectivity index (χ1v) is 4.80. The Morgan fingerprint density at radius 1 is 1.00 bits per heavy atom. The number of ether oxygens (including phenoxy) is 1. The molecule has 0 N–H and O–H groups in total. The van der Waals surface area contributed by atoms with E-state index in [0.717, 1.165) is 12.8 Å². The summed E-state index contributed by atoms with van der Waals surface area (Å²) in [6.45, 7) is 0.687. The van der Waals surface area contributed by atoms with Gasteiger partial charge in [-0.25, -0.2) is 0 Å². The Bertz CT molecular complexity index is 116. The second-order valence-corrected chi connectivity index (χ2v) is 3.11. The van der Waals surface area contributed by atoms with E-state index in [1.807, 2.05) is 0 Å². The molecule has 0 aromatic carbocycles. The highest BCUT2D eigenvalue weighted by atomic mass is 35.5. The maximum absolute atomic E-state index is 11.6. The number of alkyl halides is 4. The van der Waals surface area contributed by atoms with Crippen molar-refractivity contribution in [3.63, 3.8) is 0 Å².